The Hall–Kier alpha value is -4.33. The fourth-order valence-corrected chi connectivity index (χ4v) is 2.90. The molecule has 8 nitrogen and oxygen atoms in total. The molecule has 2 aromatic heterocycles. The van der Waals surface area contributed by atoms with E-state index in [1.54, 1.807) is 36.4 Å². The van der Waals surface area contributed by atoms with Crippen LogP contribution in [0.2, 0.25) is 0 Å². The zero-order valence-electron chi connectivity index (χ0n) is 16.4. The van der Waals surface area contributed by atoms with Gasteiger partial charge in [-0.1, -0.05) is 30.3 Å². The summed E-state index contributed by atoms with van der Waals surface area (Å²) < 4.78 is 11.9. The maximum Gasteiger partial charge on any atom is 0.331 e. The normalized spacial score (nSPS) is 11.1. The molecular weight excluding hydrogens is 398 g/mol. The summed E-state index contributed by atoms with van der Waals surface area (Å²) in [6.45, 7) is 0.423. The zero-order valence-corrected chi connectivity index (χ0v) is 16.4. The molecule has 0 amide bonds. The van der Waals surface area contributed by atoms with Crippen molar-refractivity contribution < 1.29 is 14.3 Å². The molecule has 0 saturated heterocycles. The second kappa shape index (κ2) is 9.00. The lowest BCUT2D eigenvalue weighted by Gasteiger charge is -2.08. The van der Waals surface area contributed by atoms with Crippen LogP contribution in [0.5, 0.6) is 11.6 Å². The van der Waals surface area contributed by atoms with Crippen molar-refractivity contribution in [1.82, 2.24) is 9.55 Å². The molecule has 0 unspecified atom stereocenters. The molecule has 2 N–H and O–H groups in total. The lowest BCUT2D eigenvalue weighted by molar-refractivity contribution is 0.306. The Morgan fingerprint density at radius 2 is 1.81 bits per heavy atom. The molecule has 2 heterocycles. The van der Waals surface area contributed by atoms with E-state index in [0.717, 1.165) is 10.1 Å². The van der Waals surface area contributed by atoms with Crippen LogP contribution < -0.4 is 16.0 Å². The van der Waals surface area contributed by atoms with Gasteiger partial charge in [0.25, 0.3) is 5.56 Å². The Kier molecular flexibility index (Phi) is 5.79. The number of hydrogen-bond acceptors (Lipinski definition) is 6. The van der Waals surface area contributed by atoms with E-state index in [1.165, 1.54) is 12.5 Å². The van der Waals surface area contributed by atoms with Gasteiger partial charge in [-0.2, -0.15) is 0 Å². The zero-order chi connectivity index (χ0) is 21.6. The molecule has 0 saturated carbocycles. The second-order valence-electron chi connectivity index (χ2n) is 6.69. The largest absolute Gasteiger partial charge is 0.494 e. The van der Waals surface area contributed by atoms with E-state index in [2.05, 4.69) is 9.98 Å². The van der Waals surface area contributed by atoms with Crippen LogP contribution in [0, 0.1) is 0 Å². The summed E-state index contributed by atoms with van der Waals surface area (Å²) >= 11 is 0. The Labute approximate surface area is 176 Å². The highest BCUT2D eigenvalue weighted by atomic mass is 16.5. The quantitative estimate of drug-likeness (QED) is 0.449. The number of benzene rings is 2. The monoisotopic (exact) mass is 417 g/mol. The lowest BCUT2D eigenvalue weighted by Crippen LogP contribution is -2.32. The van der Waals surface area contributed by atoms with Crippen LogP contribution >= 0.6 is 0 Å². The molecule has 2 aromatic carbocycles. The predicted molar refractivity (Wildman–Crippen MR) is 115 cm³/mol. The van der Waals surface area contributed by atoms with Crippen molar-refractivity contribution in [3.8, 4) is 11.6 Å². The van der Waals surface area contributed by atoms with Gasteiger partial charge >= 0.3 is 5.69 Å². The number of ether oxygens (including phenoxy) is 1. The number of H-pyrrole nitrogens is 1. The fourth-order valence-electron chi connectivity index (χ4n) is 2.90. The number of aromatic hydroxyl groups is 1. The van der Waals surface area contributed by atoms with Crippen LogP contribution in [0.4, 0.5) is 5.69 Å². The van der Waals surface area contributed by atoms with Crippen LogP contribution in [0.3, 0.4) is 0 Å². The van der Waals surface area contributed by atoms with Crippen molar-refractivity contribution in [3.63, 3.8) is 0 Å². The van der Waals surface area contributed by atoms with Gasteiger partial charge in [0.05, 0.1) is 18.5 Å². The van der Waals surface area contributed by atoms with Gasteiger partial charge in [-0.05, 0) is 42.0 Å². The molecular formula is C23H19N3O5. The van der Waals surface area contributed by atoms with E-state index in [9.17, 15) is 14.7 Å². The molecule has 0 aliphatic carbocycles. The summed E-state index contributed by atoms with van der Waals surface area (Å²) in [6, 6.07) is 20.1. The average molecular weight is 417 g/mol. The minimum atomic E-state index is -0.740. The van der Waals surface area contributed by atoms with Crippen LogP contribution in [-0.4, -0.2) is 20.9 Å². The van der Waals surface area contributed by atoms with E-state index in [4.69, 9.17) is 9.15 Å². The molecule has 0 aliphatic rings. The van der Waals surface area contributed by atoms with Gasteiger partial charge in [0.2, 0.25) is 5.88 Å². The summed E-state index contributed by atoms with van der Waals surface area (Å²) in [6.07, 6.45) is 2.67. The number of nitrogens with zero attached hydrogens (tertiary/aromatic N) is 2. The first-order valence-corrected chi connectivity index (χ1v) is 9.49. The molecule has 0 atom stereocenters. The number of aromatic nitrogens is 2. The molecule has 8 heteroatoms. The van der Waals surface area contributed by atoms with Gasteiger partial charge in [-0.25, -0.2) is 4.79 Å². The number of furan rings is 1. The smallest absolute Gasteiger partial charge is 0.331 e. The number of nitrogens with one attached hydrogen (secondary N) is 1. The predicted octanol–water partition coefficient (Wildman–Crippen LogP) is 3.21. The molecule has 4 aromatic rings. The third-order valence-corrected chi connectivity index (χ3v) is 4.53. The number of aromatic amines is 1. The van der Waals surface area contributed by atoms with Crippen molar-refractivity contribution in [2.75, 3.05) is 0 Å². The number of aliphatic imine (C=N–C) groups is 1. The Balaban J connectivity index is 1.50. The van der Waals surface area contributed by atoms with Gasteiger partial charge in [-0.3, -0.25) is 19.3 Å². The first-order chi connectivity index (χ1) is 15.1. The van der Waals surface area contributed by atoms with Crippen LogP contribution in [0.25, 0.3) is 0 Å². The van der Waals surface area contributed by atoms with E-state index >= 15 is 0 Å². The summed E-state index contributed by atoms with van der Waals surface area (Å²) in [5, 5.41) is 10.4. The number of rotatable bonds is 7. The van der Waals surface area contributed by atoms with E-state index in [0.29, 0.717) is 23.8 Å². The summed E-state index contributed by atoms with van der Waals surface area (Å²) in [4.78, 5) is 30.6. The van der Waals surface area contributed by atoms with E-state index in [-0.39, 0.29) is 12.1 Å². The van der Waals surface area contributed by atoms with Crippen molar-refractivity contribution in [2.45, 2.75) is 13.2 Å². The summed E-state index contributed by atoms with van der Waals surface area (Å²) in [7, 11) is 0. The Morgan fingerprint density at radius 1 is 1.03 bits per heavy atom. The first kappa shape index (κ1) is 20.0. The minimum absolute atomic E-state index is 0.0251. The highest BCUT2D eigenvalue weighted by Gasteiger charge is 2.14. The maximum absolute atomic E-state index is 12.1. The molecule has 0 aliphatic heterocycles. The van der Waals surface area contributed by atoms with Crippen LogP contribution in [0.1, 0.15) is 16.9 Å². The lowest BCUT2D eigenvalue weighted by atomic mass is 10.2. The maximum atomic E-state index is 12.1. The fraction of sp³-hybridized carbons (Fsp3) is 0.0870. The van der Waals surface area contributed by atoms with Gasteiger partial charge in [-0.15, -0.1) is 0 Å². The number of hydrogen-bond donors (Lipinski definition) is 2. The molecule has 4 rings (SSSR count). The third kappa shape index (κ3) is 4.81. The van der Waals surface area contributed by atoms with Crippen molar-refractivity contribution in [2.24, 2.45) is 4.99 Å². The molecule has 0 fully saturated rings. The highest BCUT2D eigenvalue weighted by molar-refractivity contribution is 5.84. The van der Waals surface area contributed by atoms with Gasteiger partial charge in [0.15, 0.2) is 0 Å². The molecule has 31 heavy (non-hydrogen) atoms. The molecule has 0 bridgehead atoms. The molecule has 156 valence electrons. The standard InChI is InChI=1S/C23H19N3O5/c27-21-20(22(28)26(23(29)25-21)14-19-7-4-12-30-19)13-24-17-8-10-18(11-9-17)31-15-16-5-2-1-3-6-16/h1-13,28H,14-15H2,(H,25,27,29). The van der Waals surface area contributed by atoms with E-state index < -0.39 is 17.1 Å². The van der Waals surface area contributed by atoms with E-state index in [1.807, 2.05) is 30.3 Å². The van der Waals surface area contributed by atoms with Crippen LogP contribution in [-0.2, 0) is 13.2 Å². The molecule has 0 spiro atoms. The minimum Gasteiger partial charge on any atom is -0.494 e. The van der Waals surface area contributed by atoms with Gasteiger partial charge in [0, 0.05) is 6.21 Å². The third-order valence-electron chi connectivity index (χ3n) is 4.53. The second-order valence-corrected chi connectivity index (χ2v) is 6.69. The van der Waals surface area contributed by atoms with Gasteiger partial charge in [0.1, 0.15) is 23.7 Å². The first-order valence-electron chi connectivity index (χ1n) is 9.49. The van der Waals surface area contributed by atoms with Crippen molar-refractivity contribution in [1.29, 1.82) is 0 Å². The molecule has 0 radical (unpaired) electrons. The SMILES string of the molecule is O=c1[nH]c(=O)n(Cc2ccco2)c(O)c1C=Nc1ccc(OCc2ccccc2)cc1. The van der Waals surface area contributed by atoms with Crippen molar-refractivity contribution in [3.05, 3.63) is 111 Å². The highest BCUT2D eigenvalue weighted by Crippen LogP contribution is 2.20. The summed E-state index contributed by atoms with van der Waals surface area (Å²) in [5.41, 5.74) is 0.00917. The Morgan fingerprint density at radius 3 is 2.52 bits per heavy atom. The average Bonchev–Trinajstić information content (AvgIpc) is 3.30. The summed E-state index contributed by atoms with van der Waals surface area (Å²) in [5.74, 6) is 0.644. The Bertz CT molecular complexity index is 1290. The van der Waals surface area contributed by atoms with Crippen LogP contribution in [0.15, 0.2) is 92.0 Å². The topological polar surface area (TPSA) is 110 Å². The van der Waals surface area contributed by atoms with Gasteiger partial charge < -0.3 is 14.3 Å². The van der Waals surface area contributed by atoms with Crippen molar-refractivity contribution >= 4 is 11.9 Å².